The van der Waals surface area contributed by atoms with Crippen molar-refractivity contribution in [1.82, 2.24) is 0 Å². The molecule has 0 heterocycles. The fraction of sp³-hybridized carbons (Fsp3) is 0.111. The summed E-state index contributed by atoms with van der Waals surface area (Å²) in [6.45, 7) is 0. The molecule has 5 heteroatoms. The van der Waals surface area contributed by atoms with Gasteiger partial charge < -0.3 is 0 Å². The number of nitriles is 1. The number of carbonyl (C=O) groups excluding carboxylic acids is 1. The molecule has 0 unspecified atom stereocenters. The van der Waals surface area contributed by atoms with Gasteiger partial charge in [0, 0.05) is 3.57 Å². The highest BCUT2D eigenvalue weighted by molar-refractivity contribution is 14.1. The molecule has 0 fully saturated rings. The first-order valence-electron chi connectivity index (χ1n) is 3.59. The molecule has 0 aliphatic carbocycles. The maximum absolute atomic E-state index is 13.2. The lowest BCUT2D eigenvalue weighted by Crippen LogP contribution is -2.07. The second kappa shape index (κ2) is 4.71. The minimum Gasteiger partial charge on any atom is -0.293 e. The molecule has 14 heavy (non-hydrogen) atoms. The number of rotatable bonds is 2. The molecule has 0 spiro atoms. The van der Waals surface area contributed by atoms with Crippen molar-refractivity contribution in [3.8, 4) is 6.07 Å². The predicted molar refractivity (Wildman–Crippen MR) is 58.9 cm³/mol. The molecule has 0 saturated carbocycles. The van der Waals surface area contributed by atoms with Gasteiger partial charge in [-0.2, -0.15) is 5.26 Å². The van der Waals surface area contributed by atoms with Crippen LogP contribution in [0, 0.1) is 20.7 Å². The topological polar surface area (TPSA) is 40.9 Å². The van der Waals surface area contributed by atoms with Crippen LogP contribution in [0.2, 0.25) is 0 Å². The molecular formula is C9H4ClFINO. The largest absolute Gasteiger partial charge is 0.293 e. The number of halogens is 3. The van der Waals surface area contributed by atoms with Gasteiger partial charge in [0.2, 0.25) is 0 Å². The Kier molecular flexibility index (Phi) is 3.84. The van der Waals surface area contributed by atoms with Gasteiger partial charge in [0.25, 0.3) is 0 Å². The van der Waals surface area contributed by atoms with Crippen molar-refractivity contribution in [1.29, 1.82) is 5.26 Å². The lowest BCUT2D eigenvalue weighted by atomic mass is 10.1. The number of hydrogen-bond acceptors (Lipinski definition) is 2. The Morgan fingerprint density at radius 2 is 2.29 bits per heavy atom. The molecule has 0 aliphatic rings. The molecule has 72 valence electrons. The van der Waals surface area contributed by atoms with Crippen molar-refractivity contribution in [3.05, 3.63) is 32.6 Å². The van der Waals surface area contributed by atoms with Crippen LogP contribution in [0.1, 0.15) is 15.9 Å². The van der Waals surface area contributed by atoms with Crippen LogP contribution in [0.3, 0.4) is 0 Å². The second-order valence-corrected chi connectivity index (χ2v) is 3.80. The van der Waals surface area contributed by atoms with E-state index in [0.717, 1.165) is 6.07 Å². The lowest BCUT2D eigenvalue weighted by molar-refractivity contribution is 0.101. The average Bonchev–Trinajstić information content (AvgIpc) is 2.18. The van der Waals surface area contributed by atoms with Gasteiger partial charge in [0.15, 0.2) is 5.78 Å². The van der Waals surface area contributed by atoms with Crippen LogP contribution < -0.4 is 0 Å². The van der Waals surface area contributed by atoms with Crippen LogP contribution in [0.15, 0.2) is 12.1 Å². The van der Waals surface area contributed by atoms with E-state index in [0.29, 0.717) is 3.57 Å². The maximum Gasteiger partial charge on any atom is 0.181 e. The Hall–Kier alpha value is -0.670. The number of carbonyl (C=O) groups is 1. The van der Waals surface area contributed by atoms with E-state index >= 15 is 0 Å². The molecule has 0 radical (unpaired) electrons. The van der Waals surface area contributed by atoms with Crippen LogP contribution in [0.25, 0.3) is 0 Å². The highest BCUT2D eigenvalue weighted by Gasteiger charge is 2.17. The van der Waals surface area contributed by atoms with Crippen molar-refractivity contribution < 1.29 is 9.18 Å². The molecule has 0 N–H and O–H groups in total. The standard InChI is InChI=1S/C9H4ClFINO/c10-3-7(14)8-6(11)2-1-5(4-13)9(8)12/h1-2H,3H2. The van der Waals surface area contributed by atoms with E-state index in [1.165, 1.54) is 6.07 Å². The molecule has 0 atom stereocenters. The van der Waals surface area contributed by atoms with Gasteiger partial charge in [0.05, 0.1) is 17.0 Å². The van der Waals surface area contributed by atoms with E-state index in [9.17, 15) is 9.18 Å². The minimum absolute atomic E-state index is 0.0975. The Labute approximate surface area is 98.8 Å². The van der Waals surface area contributed by atoms with Crippen LogP contribution in [-0.4, -0.2) is 11.7 Å². The molecule has 2 nitrogen and oxygen atoms in total. The molecule has 0 amide bonds. The maximum atomic E-state index is 13.2. The summed E-state index contributed by atoms with van der Waals surface area (Å²) >= 11 is 7.09. The first kappa shape index (κ1) is 11.4. The molecule has 0 saturated heterocycles. The fourth-order valence-corrected chi connectivity index (χ4v) is 1.95. The molecule has 0 aromatic heterocycles. The number of alkyl halides is 1. The summed E-state index contributed by atoms with van der Waals surface area (Å²) in [5.41, 5.74) is 0.181. The zero-order chi connectivity index (χ0) is 10.7. The Morgan fingerprint density at radius 3 is 2.79 bits per heavy atom. The van der Waals surface area contributed by atoms with Gasteiger partial charge in [-0.3, -0.25) is 4.79 Å². The van der Waals surface area contributed by atoms with Gasteiger partial charge in [-0.25, -0.2) is 4.39 Å². The van der Waals surface area contributed by atoms with Crippen molar-refractivity contribution in [3.63, 3.8) is 0 Å². The highest BCUT2D eigenvalue weighted by atomic mass is 127. The summed E-state index contributed by atoms with van der Waals surface area (Å²) < 4.78 is 13.5. The first-order valence-corrected chi connectivity index (χ1v) is 5.20. The van der Waals surface area contributed by atoms with E-state index in [-0.39, 0.29) is 17.0 Å². The van der Waals surface area contributed by atoms with Crippen molar-refractivity contribution >= 4 is 40.0 Å². The van der Waals surface area contributed by atoms with Crippen molar-refractivity contribution in [2.75, 3.05) is 5.88 Å². The predicted octanol–water partition coefficient (Wildman–Crippen LogP) is 2.72. The van der Waals surface area contributed by atoms with Gasteiger partial charge in [-0.15, -0.1) is 11.6 Å². The van der Waals surface area contributed by atoms with Crippen LogP contribution >= 0.6 is 34.2 Å². The molecule has 0 aliphatic heterocycles. The van der Waals surface area contributed by atoms with Crippen LogP contribution in [-0.2, 0) is 0 Å². The number of nitrogens with zero attached hydrogens (tertiary/aromatic N) is 1. The number of benzene rings is 1. The molecule has 0 bridgehead atoms. The van der Waals surface area contributed by atoms with Crippen LogP contribution in [0.4, 0.5) is 4.39 Å². The smallest absolute Gasteiger partial charge is 0.181 e. The Morgan fingerprint density at radius 1 is 1.64 bits per heavy atom. The fourth-order valence-electron chi connectivity index (χ4n) is 0.961. The van der Waals surface area contributed by atoms with Crippen molar-refractivity contribution in [2.24, 2.45) is 0 Å². The Bertz CT molecular complexity index is 428. The third-order valence-corrected chi connectivity index (χ3v) is 2.97. The van der Waals surface area contributed by atoms with E-state index in [1.54, 1.807) is 22.6 Å². The minimum atomic E-state index is -0.640. The molecular weight excluding hydrogens is 319 g/mol. The van der Waals surface area contributed by atoms with Gasteiger partial charge in [0.1, 0.15) is 11.9 Å². The number of Topliss-reactive ketones (excluding diaryl/α,β-unsaturated/α-hetero) is 1. The van der Waals surface area contributed by atoms with Crippen molar-refractivity contribution in [2.45, 2.75) is 0 Å². The van der Waals surface area contributed by atoms with E-state index in [2.05, 4.69) is 0 Å². The zero-order valence-electron chi connectivity index (χ0n) is 6.85. The summed E-state index contributed by atoms with van der Waals surface area (Å²) in [5.74, 6) is -1.44. The Balaban J connectivity index is 3.42. The normalized spacial score (nSPS) is 9.57. The summed E-state index contributed by atoms with van der Waals surface area (Å²) in [7, 11) is 0. The SMILES string of the molecule is N#Cc1ccc(F)c(C(=O)CCl)c1I. The lowest BCUT2D eigenvalue weighted by Gasteiger charge is -2.04. The second-order valence-electron chi connectivity index (χ2n) is 2.45. The summed E-state index contributed by atoms with van der Waals surface area (Å²) in [6, 6.07) is 4.31. The van der Waals surface area contributed by atoms with E-state index in [4.69, 9.17) is 16.9 Å². The monoisotopic (exact) mass is 323 g/mol. The summed E-state index contributed by atoms with van der Waals surface area (Å²) in [6.07, 6.45) is 0. The quantitative estimate of drug-likeness (QED) is 0.477. The molecule has 1 aromatic carbocycles. The van der Waals surface area contributed by atoms with E-state index in [1.807, 2.05) is 6.07 Å². The summed E-state index contributed by atoms with van der Waals surface area (Å²) in [4.78, 5) is 11.2. The van der Waals surface area contributed by atoms with Crippen LogP contribution in [0.5, 0.6) is 0 Å². The highest BCUT2D eigenvalue weighted by Crippen LogP contribution is 2.21. The molecule has 1 aromatic rings. The number of ketones is 1. The first-order chi connectivity index (χ1) is 6.61. The van der Waals surface area contributed by atoms with Gasteiger partial charge >= 0.3 is 0 Å². The molecule has 1 rings (SSSR count). The summed E-state index contributed by atoms with van der Waals surface area (Å²) in [5, 5.41) is 8.67. The third-order valence-electron chi connectivity index (χ3n) is 1.61. The van der Waals surface area contributed by atoms with E-state index < -0.39 is 11.6 Å². The third kappa shape index (κ3) is 2.04. The van der Waals surface area contributed by atoms with Gasteiger partial charge in [-0.05, 0) is 34.7 Å². The zero-order valence-corrected chi connectivity index (χ0v) is 9.76. The number of hydrogen-bond donors (Lipinski definition) is 0. The van der Waals surface area contributed by atoms with Gasteiger partial charge in [-0.1, -0.05) is 0 Å². The average molecular weight is 323 g/mol.